The second kappa shape index (κ2) is 3.74. The monoisotopic (exact) mass is 222 g/mol. The van der Waals surface area contributed by atoms with E-state index in [0.29, 0.717) is 0 Å². The van der Waals surface area contributed by atoms with Crippen molar-refractivity contribution in [3.63, 3.8) is 0 Å². The standard InChI is InChI=1S/C15H14N2/c1-11-3-6-14(7-4-11)17-10-13-9-12(2)5-8-15(13)16-17/h3-10H,1-2H3. The van der Waals surface area contributed by atoms with E-state index >= 15 is 0 Å². The lowest BCUT2D eigenvalue weighted by Gasteiger charge is -2.00. The van der Waals surface area contributed by atoms with Crippen LogP contribution in [0.25, 0.3) is 16.6 Å². The molecule has 0 bridgehead atoms. The van der Waals surface area contributed by atoms with Crippen molar-refractivity contribution in [1.29, 1.82) is 0 Å². The third-order valence-electron chi connectivity index (χ3n) is 2.96. The predicted octanol–water partition coefficient (Wildman–Crippen LogP) is 3.64. The van der Waals surface area contributed by atoms with Gasteiger partial charge in [0.25, 0.3) is 0 Å². The average molecular weight is 222 g/mol. The molecule has 17 heavy (non-hydrogen) atoms. The minimum absolute atomic E-state index is 1.04. The molecular weight excluding hydrogens is 208 g/mol. The number of hydrogen-bond donors (Lipinski definition) is 0. The minimum Gasteiger partial charge on any atom is -0.240 e. The summed E-state index contributed by atoms with van der Waals surface area (Å²) in [5.41, 5.74) is 4.67. The first kappa shape index (κ1) is 10.1. The molecule has 0 aliphatic carbocycles. The molecule has 0 saturated carbocycles. The van der Waals surface area contributed by atoms with Gasteiger partial charge in [0.2, 0.25) is 0 Å². The molecule has 0 aliphatic heterocycles. The number of nitrogens with zero attached hydrogens (tertiary/aromatic N) is 2. The molecule has 3 aromatic rings. The molecule has 0 fully saturated rings. The van der Waals surface area contributed by atoms with Crippen molar-refractivity contribution in [2.24, 2.45) is 0 Å². The topological polar surface area (TPSA) is 17.8 Å². The van der Waals surface area contributed by atoms with Crippen molar-refractivity contribution in [3.8, 4) is 5.69 Å². The molecule has 0 spiro atoms. The third-order valence-corrected chi connectivity index (χ3v) is 2.96. The molecule has 0 amide bonds. The summed E-state index contributed by atoms with van der Waals surface area (Å²) in [6.07, 6.45) is 2.08. The van der Waals surface area contributed by atoms with Crippen molar-refractivity contribution in [1.82, 2.24) is 9.78 Å². The van der Waals surface area contributed by atoms with Crippen LogP contribution in [0.2, 0.25) is 0 Å². The summed E-state index contributed by atoms with van der Waals surface area (Å²) in [6, 6.07) is 14.7. The van der Waals surface area contributed by atoms with E-state index in [1.807, 2.05) is 4.68 Å². The highest BCUT2D eigenvalue weighted by molar-refractivity contribution is 5.79. The van der Waals surface area contributed by atoms with Crippen LogP contribution in [0.1, 0.15) is 11.1 Å². The van der Waals surface area contributed by atoms with Crippen LogP contribution >= 0.6 is 0 Å². The first-order valence-electron chi connectivity index (χ1n) is 5.75. The Kier molecular flexibility index (Phi) is 2.22. The Morgan fingerprint density at radius 3 is 2.35 bits per heavy atom. The van der Waals surface area contributed by atoms with Crippen molar-refractivity contribution in [2.75, 3.05) is 0 Å². The van der Waals surface area contributed by atoms with Gasteiger partial charge in [0.15, 0.2) is 0 Å². The molecule has 0 radical (unpaired) electrons. The van der Waals surface area contributed by atoms with Crippen LogP contribution in [-0.2, 0) is 0 Å². The molecule has 0 atom stereocenters. The minimum atomic E-state index is 1.04. The Morgan fingerprint density at radius 1 is 0.882 bits per heavy atom. The third kappa shape index (κ3) is 1.82. The number of rotatable bonds is 1. The smallest absolute Gasteiger partial charge is 0.0927 e. The van der Waals surface area contributed by atoms with Gasteiger partial charge in [0.05, 0.1) is 11.2 Å². The lowest BCUT2D eigenvalue weighted by atomic mass is 10.2. The van der Waals surface area contributed by atoms with E-state index < -0.39 is 0 Å². The molecule has 2 heteroatoms. The second-order valence-corrected chi connectivity index (χ2v) is 4.47. The number of benzene rings is 2. The quantitative estimate of drug-likeness (QED) is 0.614. The lowest BCUT2D eigenvalue weighted by molar-refractivity contribution is 0.896. The maximum atomic E-state index is 4.57. The van der Waals surface area contributed by atoms with Crippen LogP contribution < -0.4 is 0 Å². The van der Waals surface area contributed by atoms with Gasteiger partial charge in [-0.2, -0.15) is 5.10 Å². The van der Waals surface area contributed by atoms with E-state index in [1.54, 1.807) is 0 Å². The van der Waals surface area contributed by atoms with Crippen LogP contribution in [0.4, 0.5) is 0 Å². The van der Waals surface area contributed by atoms with Crippen molar-refractivity contribution in [2.45, 2.75) is 13.8 Å². The lowest BCUT2D eigenvalue weighted by Crippen LogP contribution is -1.93. The van der Waals surface area contributed by atoms with Gasteiger partial charge in [-0.1, -0.05) is 29.3 Å². The van der Waals surface area contributed by atoms with Gasteiger partial charge in [-0.25, -0.2) is 4.68 Å². The summed E-state index contributed by atoms with van der Waals surface area (Å²) in [6.45, 7) is 4.19. The predicted molar refractivity (Wildman–Crippen MR) is 70.5 cm³/mol. The van der Waals surface area contributed by atoms with E-state index in [2.05, 4.69) is 67.6 Å². The molecule has 0 N–H and O–H groups in total. The van der Waals surface area contributed by atoms with E-state index in [1.165, 1.54) is 16.5 Å². The summed E-state index contributed by atoms with van der Waals surface area (Å²) in [7, 11) is 0. The van der Waals surface area contributed by atoms with E-state index in [9.17, 15) is 0 Å². The van der Waals surface area contributed by atoms with Crippen molar-refractivity contribution < 1.29 is 0 Å². The second-order valence-electron chi connectivity index (χ2n) is 4.47. The van der Waals surface area contributed by atoms with Crippen LogP contribution in [0, 0.1) is 13.8 Å². The first-order chi connectivity index (χ1) is 8.22. The fraction of sp³-hybridized carbons (Fsp3) is 0.133. The highest BCUT2D eigenvalue weighted by Gasteiger charge is 2.02. The number of hydrogen-bond acceptors (Lipinski definition) is 1. The van der Waals surface area contributed by atoms with Crippen molar-refractivity contribution >= 4 is 10.9 Å². The molecule has 0 unspecified atom stereocenters. The molecule has 2 nitrogen and oxygen atoms in total. The number of aromatic nitrogens is 2. The van der Waals surface area contributed by atoms with E-state index in [-0.39, 0.29) is 0 Å². The summed E-state index contributed by atoms with van der Waals surface area (Å²) >= 11 is 0. The highest BCUT2D eigenvalue weighted by atomic mass is 15.3. The Bertz CT molecular complexity index is 663. The van der Waals surface area contributed by atoms with Gasteiger partial charge >= 0.3 is 0 Å². The normalized spacial score (nSPS) is 10.9. The summed E-state index contributed by atoms with van der Waals surface area (Å²) in [4.78, 5) is 0. The van der Waals surface area contributed by atoms with Gasteiger partial charge in [0, 0.05) is 11.6 Å². The van der Waals surface area contributed by atoms with E-state index in [0.717, 1.165) is 11.2 Å². The maximum absolute atomic E-state index is 4.57. The molecule has 2 aromatic carbocycles. The number of fused-ring (bicyclic) bond motifs is 1. The summed E-state index contributed by atoms with van der Waals surface area (Å²) in [5.74, 6) is 0. The molecule has 0 saturated heterocycles. The van der Waals surface area contributed by atoms with Gasteiger partial charge in [-0.15, -0.1) is 0 Å². The Morgan fingerprint density at radius 2 is 1.59 bits per heavy atom. The summed E-state index contributed by atoms with van der Waals surface area (Å²) in [5, 5.41) is 5.76. The Hall–Kier alpha value is -2.09. The van der Waals surface area contributed by atoms with Gasteiger partial charge in [-0.05, 0) is 38.1 Å². The van der Waals surface area contributed by atoms with Crippen LogP contribution in [-0.4, -0.2) is 9.78 Å². The van der Waals surface area contributed by atoms with Crippen LogP contribution in [0.15, 0.2) is 48.7 Å². The largest absolute Gasteiger partial charge is 0.240 e. The van der Waals surface area contributed by atoms with Crippen LogP contribution in [0.5, 0.6) is 0 Å². The zero-order valence-corrected chi connectivity index (χ0v) is 10.0. The van der Waals surface area contributed by atoms with Gasteiger partial charge in [0.1, 0.15) is 0 Å². The average Bonchev–Trinajstić information content (AvgIpc) is 2.72. The Labute approximate surface area is 101 Å². The maximum Gasteiger partial charge on any atom is 0.0927 e. The Balaban J connectivity index is 2.14. The zero-order valence-electron chi connectivity index (χ0n) is 10.0. The zero-order chi connectivity index (χ0) is 11.8. The molecule has 1 aromatic heterocycles. The summed E-state index contributed by atoms with van der Waals surface area (Å²) < 4.78 is 1.93. The molecule has 0 aliphatic rings. The number of aryl methyl sites for hydroxylation is 2. The molecular formula is C15H14N2. The molecule has 84 valence electrons. The molecule has 1 heterocycles. The fourth-order valence-corrected chi connectivity index (χ4v) is 1.97. The van der Waals surface area contributed by atoms with Gasteiger partial charge < -0.3 is 0 Å². The fourth-order valence-electron chi connectivity index (χ4n) is 1.97. The van der Waals surface area contributed by atoms with Crippen LogP contribution in [0.3, 0.4) is 0 Å². The van der Waals surface area contributed by atoms with Crippen molar-refractivity contribution in [3.05, 3.63) is 59.8 Å². The highest BCUT2D eigenvalue weighted by Crippen LogP contribution is 2.17. The first-order valence-corrected chi connectivity index (χ1v) is 5.75. The van der Waals surface area contributed by atoms with Gasteiger partial charge in [-0.3, -0.25) is 0 Å². The SMILES string of the molecule is Cc1ccc(-n2cc3cc(C)ccc3n2)cc1. The van der Waals surface area contributed by atoms with E-state index in [4.69, 9.17) is 0 Å². The molecule has 3 rings (SSSR count).